The molecule has 1 N–H and O–H groups in total. The molecule has 100 valence electrons. The smallest absolute Gasteiger partial charge is 0.224 e. The fourth-order valence-electron chi connectivity index (χ4n) is 2.01. The van der Waals surface area contributed by atoms with Crippen molar-refractivity contribution in [3.8, 4) is 0 Å². The van der Waals surface area contributed by atoms with E-state index in [0.29, 0.717) is 18.2 Å². The maximum atomic E-state index is 11.8. The zero-order valence-electron chi connectivity index (χ0n) is 11.0. The lowest BCUT2D eigenvalue weighted by Crippen LogP contribution is -2.30. The Labute approximate surface area is 115 Å². The Kier molecular flexibility index (Phi) is 7.51. The van der Waals surface area contributed by atoms with Gasteiger partial charge in [-0.3, -0.25) is 4.79 Å². The largest absolute Gasteiger partial charge is 0.356 e. The average molecular weight is 268 g/mol. The highest BCUT2D eigenvalue weighted by molar-refractivity contribution is 6.17. The van der Waals surface area contributed by atoms with Gasteiger partial charge < -0.3 is 5.32 Å². The molecule has 0 saturated carbocycles. The van der Waals surface area contributed by atoms with Crippen LogP contribution in [0.1, 0.15) is 31.7 Å². The molecule has 0 spiro atoms. The number of benzene rings is 1. The molecule has 0 saturated heterocycles. The molecule has 1 aromatic rings. The molecule has 1 atom stereocenters. The summed E-state index contributed by atoms with van der Waals surface area (Å²) >= 11 is 5.76. The first-order valence-electron chi connectivity index (χ1n) is 6.62. The van der Waals surface area contributed by atoms with E-state index in [1.807, 2.05) is 30.3 Å². The number of alkyl halides is 1. The lowest BCUT2D eigenvalue weighted by molar-refractivity contribution is -0.120. The van der Waals surface area contributed by atoms with Crippen molar-refractivity contribution >= 4 is 17.5 Å². The second kappa shape index (κ2) is 8.98. The predicted molar refractivity (Wildman–Crippen MR) is 76.9 cm³/mol. The number of carbonyl (C=O) groups is 1. The maximum absolute atomic E-state index is 11.8. The van der Waals surface area contributed by atoms with Crippen LogP contribution in [0.4, 0.5) is 0 Å². The summed E-state index contributed by atoms with van der Waals surface area (Å²) in [6, 6.07) is 9.81. The summed E-state index contributed by atoms with van der Waals surface area (Å²) in [5.41, 5.74) is 1.05. The van der Waals surface area contributed by atoms with Gasteiger partial charge in [0.1, 0.15) is 0 Å². The minimum Gasteiger partial charge on any atom is -0.356 e. The Morgan fingerprint density at radius 3 is 2.61 bits per heavy atom. The van der Waals surface area contributed by atoms with Crippen LogP contribution in [0.3, 0.4) is 0 Å². The predicted octanol–water partition coefficient (Wildman–Crippen LogP) is 3.39. The van der Waals surface area contributed by atoms with Crippen LogP contribution in [0.25, 0.3) is 0 Å². The Balaban J connectivity index is 2.31. The van der Waals surface area contributed by atoms with Crippen LogP contribution in [-0.4, -0.2) is 18.3 Å². The highest BCUT2D eigenvalue weighted by Crippen LogP contribution is 2.11. The monoisotopic (exact) mass is 267 g/mol. The molecule has 1 aromatic carbocycles. The van der Waals surface area contributed by atoms with Crippen molar-refractivity contribution in [3.63, 3.8) is 0 Å². The van der Waals surface area contributed by atoms with E-state index in [2.05, 4.69) is 12.2 Å². The number of amides is 1. The summed E-state index contributed by atoms with van der Waals surface area (Å²) in [5.74, 6) is 1.27. The molecular weight excluding hydrogens is 246 g/mol. The number of carbonyl (C=O) groups excluding carboxylic acids is 1. The first kappa shape index (κ1) is 15.0. The van der Waals surface area contributed by atoms with Crippen molar-refractivity contribution in [2.45, 2.75) is 32.6 Å². The molecular formula is C15H22ClNO. The van der Waals surface area contributed by atoms with E-state index in [4.69, 9.17) is 11.6 Å². The van der Waals surface area contributed by atoms with E-state index in [1.54, 1.807) is 0 Å². The average Bonchev–Trinajstić information content (AvgIpc) is 2.38. The molecule has 1 unspecified atom stereocenters. The number of hydrogen-bond acceptors (Lipinski definition) is 1. The van der Waals surface area contributed by atoms with Crippen LogP contribution in [0.15, 0.2) is 30.3 Å². The van der Waals surface area contributed by atoms with Gasteiger partial charge in [-0.05, 0) is 24.3 Å². The maximum Gasteiger partial charge on any atom is 0.224 e. The normalized spacial score (nSPS) is 12.1. The molecule has 0 aromatic heterocycles. The fraction of sp³-hybridized carbons (Fsp3) is 0.533. The molecule has 0 bridgehead atoms. The Bertz CT molecular complexity index is 334. The van der Waals surface area contributed by atoms with E-state index in [0.717, 1.165) is 31.4 Å². The molecule has 0 aliphatic heterocycles. The Morgan fingerprint density at radius 1 is 1.28 bits per heavy atom. The zero-order chi connectivity index (χ0) is 13.2. The molecule has 0 aliphatic carbocycles. The van der Waals surface area contributed by atoms with Crippen LogP contribution in [0, 0.1) is 5.92 Å². The molecule has 18 heavy (non-hydrogen) atoms. The number of nitrogens with one attached hydrogen (secondary N) is 1. The van der Waals surface area contributed by atoms with Crippen LogP contribution in [0.2, 0.25) is 0 Å². The van der Waals surface area contributed by atoms with Crippen molar-refractivity contribution in [1.29, 1.82) is 0 Å². The molecule has 0 radical (unpaired) electrons. The third-order valence-electron chi connectivity index (χ3n) is 3.01. The highest BCUT2D eigenvalue weighted by atomic mass is 35.5. The number of rotatable bonds is 8. The zero-order valence-corrected chi connectivity index (χ0v) is 11.7. The molecule has 1 amide bonds. The number of halogens is 1. The summed E-state index contributed by atoms with van der Waals surface area (Å²) in [7, 11) is 0. The van der Waals surface area contributed by atoms with Crippen molar-refractivity contribution in [2.75, 3.05) is 12.4 Å². The van der Waals surface area contributed by atoms with Gasteiger partial charge in [-0.25, -0.2) is 0 Å². The minimum absolute atomic E-state index is 0.0943. The minimum atomic E-state index is 0.0943. The Hall–Kier alpha value is -1.02. The molecule has 0 heterocycles. The molecule has 0 aliphatic rings. The third-order valence-corrected chi connectivity index (χ3v) is 3.23. The van der Waals surface area contributed by atoms with E-state index in [1.165, 1.54) is 0 Å². The second-order valence-electron chi connectivity index (χ2n) is 4.60. The molecule has 0 fully saturated rings. The third kappa shape index (κ3) is 6.06. The Morgan fingerprint density at radius 2 is 2.00 bits per heavy atom. The van der Waals surface area contributed by atoms with Gasteiger partial charge in [0.25, 0.3) is 0 Å². The summed E-state index contributed by atoms with van der Waals surface area (Å²) in [4.78, 5) is 11.8. The van der Waals surface area contributed by atoms with Crippen LogP contribution >= 0.6 is 11.6 Å². The van der Waals surface area contributed by atoms with Crippen LogP contribution in [-0.2, 0) is 11.2 Å². The number of hydrogen-bond donors (Lipinski definition) is 1. The standard InChI is InChI=1S/C15H22ClNO/c1-2-6-14(9-10-16)12-17-15(18)11-13-7-4-3-5-8-13/h3-5,7-8,14H,2,6,9-12H2,1H3,(H,17,18). The van der Waals surface area contributed by atoms with Crippen LogP contribution < -0.4 is 5.32 Å². The van der Waals surface area contributed by atoms with Gasteiger partial charge >= 0.3 is 0 Å². The van der Waals surface area contributed by atoms with Crippen molar-refractivity contribution in [1.82, 2.24) is 5.32 Å². The van der Waals surface area contributed by atoms with Crippen molar-refractivity contribution in [3.05, 3.63) is 35.9 Å². The van der Waals surface area contributed by atoms with Gasteiger partial charge in [0, 0.05) is 12.4 Å². The molecule has 2 nitrogen and oxygen atoms in total. The van der Waals surface area contributed by atoms with Gasteiger partial charge in [0.15, 0.2) is 0 Å². The lowest BCUT2D eigenvalue weighted by Gasteiger charge is -2.15. The van der Waals surface area contributed by atoms with Gasteiger partial charge in [0.05, 0.1) is 6.42 Å². The van der Waals surface area contributed by atoms with Gasteiger partial charge in [-0.1, -0.05) is 43.7 Å². The van der Waals surface area contributed by atoms with Gasteiger partial charge in [0.2, 0.25) is 5.91 Å². The van der Waals surface area contributed by atoms with E-state index >= 15 is 0 Å². The van der Waals surface area contributed by atoms with E-state index in [9.17, 15) is 4.79 Å². The quantitative estimate of drug-likeness (QED) is 0.719. The summed E-state index contributed by atoms with van der Waals surface area (Å²) in [6.45, 7) is 2.90. The van der Waals surface area contributed by atoms with E-state index < -0.39 is 0 Å². The first-order valence-corrected chi connectivity index (χ1v) is 7.16. The molecule has 1 rings (SSSR count). The fourth-order valence-corrected chi connectivity index (χ4v) is 2.32. The summed E-state index contributed by atoms with van der Waals surface area (Å²) in [5, 5.41) is 3.00. The summed E-state index contributed by atoms with van der Waals surface area (Å²) in [6.07, 6.45) is 3.69. The van der Waals surface area contributed by atoms with Crippen LogP contribution in [0.5, 0.6) is 0 Å². The van der Waals surface area contributed by atoms with Gasteiger partial charge in [-0.2, -0.15) is 0 Å². The summed E-state index contributed by atoms with van der Waals surface area (Å²) < 4.78 is 0. The second-order valence-corrected chi connectivity index (χ2v) is 4.98. The van der Waals surface area contributed by atoms with Gasteiger partial charge in [-0.15, -0.1) is 11.6 Å². The van der Waals surface area contributed by atoms with Crippen molar-refractivity contribution in [2.24, 2.45) is 5.92 Å². The topological polar surface area (TPSA) is 29.1 Å². The lowest BCUT2D eigenvalue weighted by atomic mass is 10.0. The SMILES string of the molecule is CCCC(CCCl)CNC(=O)Cc1ccccc1. The van der Waals surface area contributed by atoms with Crippen molar-refractivity contribution < 1.29 is 4.79 Å². The highest BCUT2D eigenvalue weighted by Gasteiger charge is 2.09. The molecule has 3 heteroatoms. The first-order chi connectivity index (χ1) is 8.76. The van der Waals surface area contributed by atoms with E-state index in [-0.39, 0.29) is 5.91 Å².